The standard InChI is InChI=1S/C18H36N2O/c1-14(2)8-11-20(12-9-15(3)4)17(21)18(19)10-6-7-16(5)13-18/h14-16H,6-13,19H2,1-5H3. The van der Waals surface area contributed by atoms with Crippen molar-refractivity contribution in [3.05, 3.63) is 0 Å². The highest BCUT2D eigenvalue weighted by atomic mass is 16.2. The highest BCUT2D eigenvalue weighted by Gasteiger charge is 2.40. The Morgan fingerprint density at radius 2 is 1.71 bits per heavy atom. The van der Waals surface area contributed by atoms with Gasteiger partial charge in [0.05, 0.1) is 5.54 Å². The highest BCUT2D eigenvalue weighted by Crippen LogP contribution is 2.32. The molecule has 3 nitrogen and oxygen atoms in total. The van der Waals surface area contributed by atoms with Crippen LogP contribution < -0.4 is 5.73 Å². The Morgan fingerprint density at radius 3 is 2.14 bits per heavy atom. The molecule has 1 rings (SSSR count). The lowest BCUT2D eigenvalue weighted by molar-refractivity contribution is -0.139. The van der Waals surface area contributed by atoms with Crippen LogP contribution in [0.4, 0.5) is 0 Å². The van der Waals surface area contributed by atoms with Gasteiger partial charge in [-0.3, -0.25) is 4.79 Å². The van der Waals surface area contributed by atoms with Crippen molar-refractivity contribution in [2.45, 2.75) is 78.7 Å². The first-order valence-electron chi connectivity index (χ1n) is 8.83. The van der Waals surface area contributed by atoms with Crippen LogP contribution in [0.1, 0.15) is 73.1 Å². The number of hydrogen-bond acceptors (Lipinski definition) is 2. The summed E-state index contributed by atoms with van der Waals surface area (Å²) in [5, 5.41) is 0. The average Bonchev–Trinajstić information content (AvgIpc) is 2.37. The van der Waals surface area contributed by atoms with Crippen LogP contribution in [0.3, 0.4) is 0 Å². The van der Waals surface area contributed by atoms with Gasteiger partial charge in [0, 0.05) is 13.1 Å². The Bertz CT molecular complexity index is 315. The third-order valence-electron chi connectivity index (χ3n) is 4.70. The molecule has 1 aliphatic carbocycles. The second kappa shape index (κ2) is 8.17. The van der Waals surface area contributed by atoms with E-state index in [9.17, 15) is 4.79 Å². The molecule has 1 amide bonds. The predicted molar refractivity (Wildman–Crippen MR) is 90.0 cm³/mol. The van der Waals surface area contributed by atoms with E-state index >= 15 is 0 Å². The number of rotatable bonds is 7. The van der Waals surface area contributed by atoms with Gasteiger partial charge in [0.2, 0.25) is 5.91 Å². The molecule has 0 heterocycles. The molecule has 2 N–H and O–H groups in total. The summed E-state index contributed by atoms with van der Waals surface area (Å²) in [6, 6.07) is 0. The largest absolute Gasteiger partial charge is 0.341 e. The maximum Gasteiger partial charge on any atom is 0.242 e. The summed E-state index contributed by atoms with van der Waals surface area (Å²) in [5.41, 5.74) is 5.91. The average molecular weight is 296 g/mol. The van der Waals surface area contributed by atoms with Gasteiger partial charge in [0.25, 0.3) is 0 Å². The molecule has 0 radical (unpaired) electrons. The lowest BCUT2D eigenvalue weighted by Gasteiger charge is -2.39. The van der Waals surface area contributed by atoms with Gasteiger partial charge in [-0.15, -0.1) is 0 Å². The molecule has 0 aromatic rings. The van der Waals surface area contributed by atoms with Crippen LogP contribution in [0.15, 0.2) is 0 Å². The van der Waals surface area contributed by atoms with Crippen LogP contribution in [-0.2, 0) is 4.79 Å². The minimum Gasteiger partial charge on any atom is -0.341 e. The van der Waals surface area contributed by atoms with Crippen LogP contribution in [0.5, 0.6) is 0 Å². The van der Waals surface area contributed by atoms with Crippen molar-refractivity contribution in [2.24, 2.45) is 23.5 Å². The van der Waals surface area contributed by atoms with Crippen molar-refractivity contribution in [1.82, 2.24) is 4.90 Å². The second-order valence-electron chi connectivity index (χ2n) is 8.01. The van der Waals surface area contributed by atoms with E-state index in [1.54, 1.807) is 0 Å². The lowest BCUT2D eigenvalue weighted by atomic mass is 9.76. The van der Waals surface area contributed by atoms with Crippen molar-refractivity contribution in [3.63, 3.8) is 0 Å². The summed E-state index contributed by atoms with van der Waals surface area (Å²) in [5.74, 6) is 2.02. The van der Waals surface area contributed by atoms with E-state index in [4.69, 9.17) is 5.73 Å². The summed E-state index contributed by atoms with van der Waals surface area (Å²) in [4.78, 5) is 15.0. The van der Waals surface area contributed by atoms with E-state index in [0.29, 0.717) is 17.8 Å². The number of amides is 1. The fourth-order valence-corrected chi connectivity index (χ4v) is 3.24. The Labute approximate surface area is 131 Å². The monoisotopic (exact) mass is 296 g/mol. The minimum atomic E-state index is -0.606. The molecule has 2 unspecified atom stereocenters. The van der Waals surface area contributed by atoms with Gasteiger partial charge in [-0.1, -0.05) is 47.5 Å². The molecular weight excluding hydrogens is 260 g/mol. The van der Waals surface area contributed by atoms with E-state index in [0.717, 1.165) is 45.2 Å². The number of nitrogens with two attached hydrogens (primary N) is 1. The summed E-state index contributed by atoms with van der Waals surface area (Å²) in [6.07, 6.45) is 6.14. The molecular formula is C18H36N2O. The van der Waals surface area contributed by atoms with E-state index in [2.05, 4.69) is 39.5 Å². The van der Waals surface area contributed by atoms with Crippen LogP contribution >= 0.6 is 0 Å². The fourth-order valence-electron chi connectivity index (χ4n) is 3.24. The predicted octanol–water partition coefficient (Wildman–Crippen LogP) is 3.81. The summed E-state index contributed by atoms with van der Waals surface area (Å²) < 4.78 is 0. The molecule has 0 bridgehead atoms. The van der Waals surface area contributed by atoms with Crippen molar-refractivity contribution in [2.75, 3.05) is 13.1 Å². The van der Waals surface area contributed by atoms with E-state index < -0.39 is 5.54 Å². The van der Waals surface area contributed by atoms with Crippen molar-refractivity contribution >= 4 is 5.91 Å². The second-order valence-corrected chi connectivity index (χ2v) is 8.01. The van der Waals surface area contributed by atoms with Gasteiger partial charge >= 0.3 is 0 Å². The van der Waals surface area contributed by atoms with Gasteiger partial charge in [-0.25, -0.2) is 0 Å². The number of carbonyl (C=O) groups excluding carboxylic acids is 1. The number of hydrogen-bond donors (Lipinski definition) is 1. The summed E-state index contributed by atoms with van der Waals surface area (Å²) in [6.45, 7) is 12.8. The van der Waals surface area contributed by atoms with Crippen LogP contribution in [-0.4, -0.2) is 29.4 Å². The van der Waals surface area contributed by atoms with Crippen LogP contribution in [0, 0.1) is 17.8 Å². The molecule has 21 heavy (non-hydrogen) atoms. The van der Waals surface area contributed by atoms with Gasteiger partial charge in [-0.05, 0) is 43.4 Å². The third kappa shape index (κ3) is 5.98. The topological polar surface area (TPSA) is 46.3 Å². The summed E-state index contributed by atoms with van der Waals surface area (Å²) in [7, 11) is 0. The molecule has 1 fully saturated rings. The summed E-state index contributed by atoms with van der Waals surface area (Å²) >= 11 is 0. The number of nitrogens with zero attached hydrogens (tertiary/aromatic N) is 1. The smallest absolute Gasteiger partial charge is 0.242 e. The Hall–Kier alpha value is -0.570. The third-order valence-corrected chi connectivity index (χ3v) is 4.70. The van der Waals surface area contributed by atoms with E-state index in [-0.39, 0.29) is 5.91 Å². The molecule has 0 aliphatic heterocycles. The molecule has 3 heteroatoms. The van der Waals surface area contributed by atoms with Crippen molar-refractivity contribution in [3.8, 4) is 0 Å². The van der Waals surface area contributed by atoms with Gasteiger partial charge in [0.15, 0.2) is 0 Å². The normalized spacial score (nSPS) is 26.4. The minimum absolute atomic E-state index is 0.204. The van der Waals surface area contributed by atoms with Gasteiger partial charge in [0.1, 0.15) is 0 Å². The van der Waals surface area contributed by atoms with Crippen LogP contribution in [0.25, 0.3) is 0 Å². The quantitative estimate of drug-likeness (QED) is 0.776. The first-order chi connectivity index (χ1) is 9.74. The first kappa shape index (κ1) is 18.5. The molecule has 0 spiro atoms. The zero-order valence-corrected chi connectivity index (χ0v) is 14.8. The van der Waals surface area contributed by atoms with Gasteiger partial charge < -0.3 is 10.6 Å². The zero-order chi connectivity index (χ0) is 16.0. The first-order valence-corrected chi connectivity index (χ1v) is 8.83. The van der Waals surface area contributed by atoms with E-state index in [1.807, 2.05) is 0 Å². The SMILES string of the molecule is CC(C)CCN(CCC(C)C)C(=O)C1(N)CCCC(C)C1. The van der Waals surface area contributed by atoms with E-state index in [1.165, 1.54) is 6.42 Å². The fraction of sp³-hybridized carbons (Fsp3) is 0.944. The molecule has 1 aliphatic rings. The zero-order valence-electron chi connectivity index (χ0n) is 14.8. The highest BCUT2D eigenvalue weighted by molar-refractivity contribution is 5.86. The Kier molecular flexibility index (Phi) is 7.19. The molecule has 1 saturated carbocycles. The Balaban J connectivity index is 2.72. The maximum atomic E-state index is 13.0. The maximum absolute atomic E-state index is 13.0. The molecule has 0 aromatic heterocycles. The molecule has 0 aromatic carbocycles. The Morgan fingerprint density at radius 1 is 1.19 bits per heavy atom. The molecule has 2 atom stereocenters. The number of carbonyl (C=O) groups is 1. The van der Waals surface area contributed by atoms with Crippen LogP contribution in [0.2, 0.25) is 0 Å². The van der Waals surface area contributed by atoms with Crippen molar-refractivity contribution < 1.29 is 4.79 Å². The van der Waals surface area contributed by atoms with Gasteiger partial charge in [-0.2, -0.15) is 0 Å². The molecule has 124 valence electrons. The van der Waals surface area contributed by atoms with Crippen molar-refractivity contribution in [1.29, 1.82) is 0 Å². The molecule has 0 saturated heterocycles. The lowest BCUT2D eigenvalue weighted by Crippen LogP contribution is -2.57.